The van der Waals surface area contributed by atoms with Gasteiger partial charge in [0, 0.05) is 19.6 Å². The van der Waals surface area contributed by atoms with Gasteiger partial charge in [0.2, 0.25) is 0 Å². The Kier molecular flexibility index (Phi) is 3.72. The van der Waals surface area contributed by atoms with Gasteiger partial charge >= 0.3 is 0 Å². The molecule has 1 aliphatic heterocycles. The third-order valence-corrected chi connectivity index (χ3v) is 4.41. The fourth-order valence-corrected chi connectivity index (χ4v) is 3.33. The van der Waals surface area contributed by atoms with Crippen molar-refractivity contribution in [2.24, 2.45) is 5.92 Å². The number of rotatable bonds is 4. The molecule has 1 N–H and O–H groups in total. The molecule has 18 heavy (non-hydrogen) atoms. The van der Waals surface area contributed by atoms with E-state index in [9.17, 15) is 0 Å². The highest BCUT2D eigenvalue weighted by Crippen LogP contribution is 2.30. The number of benzene rings is 1. The predicted molar refractivity (Wildman–Crippen MR) is 78.3 cm³/mol. The molecular formula is C16H24N2. The van der Waals surface area contributed by atoms with Gasteiger partial charge in [-0.2, -0.15) is 0 Å². The lowest BCUT2D eigenvalue weighted by Crippen LogP contribution is -2.20. The van der Waals surface area contributed by atoms with E-state index in [1.165, 1.54) is 63.0 Å². The van der Waals surface area contributed by atoms with Crippen molar-refractivity contribution in [2.45, 2.75) is 38.5 Å². The summed E-state index contributed by atoms with van der Waals surface area (Å²) >= 11 is 0. The highest BCUT2D eigenvalue weighted by atomic mass is 15.2. The highest BCUT2D eigenvalue weighted by Gasteiger charge is 2.17. The molecule has 1 saturated carbocycles. The second-order valence-corrected chi connectivity index (χ2v) is 5.74. The Balaban J connectivity index is 1.66. The number of para-hydroxylation sites is 2. The third kappa shape index (κ3) is 2.63. The molecule has 98 valence electrons. The van der Waals surface area contributed by atoms with Gasteiger partial charge < -0.3 is 10.2 Å². The zero-order valence-electron chi connectivity index (χ0n) is 11.2. The largest absolute Gasteiger partial charge is 0.383 e. The van der Waals surface area contributed by atoms with Crippen LogP contribution in [-0.4, -0.2) is 19.6 Å². The molecule has 0 unspecified atom stereocenters. The van der Waals surface area contributed by atoms with E-state index in [0.717, 1.165) is 12.5 Å². The van der Waals surface area contributed by atoms with Crippen molar-refractivity contribution in [1.29, 1.82) is 0 Å². The highest BCUT2D eigenvalue weighted by molar-refractivity contribution is 5.70. The summed E-state index contributed by atoms with van der Waals surface area (Å²) < 4.78 is 0. The molecule has 2 fully saturated rings. The molecule has 1 heterocycles. The molecule has 2 heteroatoms. The summed E-state index contributed by atoms with van der Waals surface area (Å²) in [5, 5.41) is 3.69. The van der Waals surface area contributed by atoms with Crippen molar-refractivity contribution in [3.63, 3.8) is 0 Å². The van der Waals surface area contributed by atoms with Crippen molar-refractivity contribution in [3.05, 3.63) is 24.3 Å². The maximum Gasteiger partial charge on any atom is 0.0602 e. The standard InChI is InChI=1S/C16H24N2/c1-2-8-14(7-1)13-17-15-9-3-4-10-16(15)18-11-5-6-12-18/h3-4,9-10,14,17H,1-2,5-8,11-13H2. The molecular weight excluding hydrogens is 220 g/mol. The van der Waals surface area contributed by atoms with Crippen LogP contribution < -0.4 is 10.2 Å². The molecule has 0 spiro atoms. The number of hydrogen-bond acceptors (Lipinski definition) is 2. The minimum atomic E-state index is 0.900. The van der Waals surface area contributed by atoms with Gasteiger partial charge in [-0.15, -0.1) is 0 Å². The van der Waals surface area contributed by atoms with Crippen LogP contribution >= 0.6 is 0 Å². The van der Waals surface area contributed by atoms with Crippen molar-refractivity contribution in [3.8, 4) is 0 Å². The Morgan fingerprint density at radius 1 is 1.00 bits per heavy atom. The van der Waals surface area contributed by atoms with Crippen molar-refractivity contribution >= 4 is 11.4 Å². The van der Waals surface area contributed by atoms with E-state index in [-0.39, 0.29) is 0 Å². The fraction of sp³-hybridized carbons (Fsp3) is 0.625. The van der Waals surface area contributed by atoms with E-state index in [1.54, 1.807) is 0 Å². The van der Waals surface area contributed by atoms with Gasteiger partial charge in [-0.25, -0.2) is 0 Å². The molecule has 1 aromatic rings. The summed E-state index contributed by atoms with van der Waals surface area (Å²) in [5.74, 6) is 0.900. The monoisotopic (exact) mass is 244 g/mol. The topological polar surface area (TPSA) is 15.3 Å². The van der Waals surface area contributed by atoms with Crippen molar-refractivity contribution in [2.75, 3.05) is 29.9 Å². The summed E-state index contributed by atoms with van der Waals surface area (Å²) in [7, 11) is 0. The Hall–Kier alpha value is -1.18. The van der Waals surface area contributed by atoms with Crippen LogP contribution in [0.1, 0.15) is 38.5 Å². The zero-order chi connectivity index (χ0) is 12.2. The van der Waals surface area contributed by atoms with Gasteiger partial charge in [0.25, 0.3) is 0 Å². The molecule has 0 atom stereocenters. The lowest BCUT2D eigenvalue weighted by Gasteiger charge is -2.23. The van der Waals surface area contributed by atoms with Crippen molar-refractivity contribution in [1.82, 2.24) is 0 Å². The summed E-state index contributed by atoms with van der Waals surface area (Å²) in [6, 6.07) is 8.82. The predicted octanol–water partition coefficient (Wildman–Crippen LogP) is 3.89. The molecule has 0 radical (unpaired) electrons. The second-order valence-electron chi connectivity index (χ2n) is 5.74. The number of nitrogens with one attached hydrogen (secondary N) is 1. The normalized spacial score (nSPS) is 20.6. The Morgan fingerprint density at radius 2 is 1.72 bits per heavy atom. The third-order valence-electron chi connectivity index (χ3n) is 4.41. The van der Waals surface area contributed by atoms with Gasteiger partial charge in [-0.05, 0) is 43.7 Å². The first-order valence-electron chi connectivity index (χ1n) is 7.51. The lowest BCUT2D eigenvalue weighted by molar-refractivity contribution is 0.580. The molecule has 0 aromatic heterocycles. The molecule has 2 aliphatic rings. The van der Waals surface area contributed by atoms with Crippen LogP contribution in [0.4, 0.5) is 11.4 Å². The first-order valence-corrected chi connectivity index (χ1v) is 7.51. The smallest absolute Gasteiger partial charge is 0.0602 e. The number of nitrogens with zero attached hydrogens (tertiary/aromatic N) is 1. The molecule has 1 saturated heterocycles. The SMILES string of the molecule is c1ccc(N2CCCC2)c(NCC2CCCC2)c1. The quantitative estimate of drug-likeness (QED) is 0.864. The van der Waals surface area contributed by atoms with E-state index in [1.807, 2.05) is 0 Å². The van der Waals surface area contributed by atoms with E-state index >= 15 is 0 Å². The number of hydrogen-bond donors (Lipinski definition) is 1. The van der Waals surface area contributed by atoms with Gasteiger partial charge in [0.15, 0.2) is 0 Å². The first-order chi connectivity index (χ1) is 8.93. The van der Waals surface area contributed by atoms with E-state index < -0.39 is 0 Å². The maximum atomic E-state index is 3.69. The average molecular weight is 244 g/mol. The summed E-state index contributed by atoms with van der Waals surface area (Å²) in [4.78, 5) is 2.52. The minimum absolute atomic E-state index is 0.900. The Morgan fingerprint density at radius 3 is 2.50 bits per heavy atom. The van der Waals surface area contributed by atoms with Crippen LogP contribution in [0.25, 0.3) is 0 Å². The molecule has 0 amide bonds. The van der Waals surface area contributed by atoms with E-state index in [4.69, 9.17) is 0 Å². The van der Waals surface area contributed by atoms with Gasteiger partial charge in [-0.1, -0.05) is 25.0 Å². The fourth-order valence-electron chi connectivity index (χ4n) is 3.33. The van der Waals surface area contributed by atoms with E-state index in [2.05, 4.69) is 34.5 Å². The molecule has 2 nitrogen and oxygen atoms in total. The molecule has 1 aliphatic carbocycles. The first kappa shape index (κ1) is 11.9. The summed E-state index contributed by atoms with van der Waals surface area (Å²) in [5.41, 5.74) is 2.75. The van der Waals surface area contributed by atoms with Crippen LogP contribution in [0, 0.1) is 5.92 Å². The summed E-state index contributed by atoms with van der Waals surface area (Å²) in [6.45, 7) is 3.61. The van der Waals surface area contributed by atoms with Gasteiger partial charge in [0.1, 0.15) is 0 Å². The minimum Gasteiger partial charge on any atom is -0.383 e. The maximum absolute atomic E-state index is 3.69. The Bertz CT molecular complexity index is 376. The van der Waals surface area contributed by atoms with Crippen LogP contribution in [0.5, 0.6) is 0 Å². The van der Waals surface area contributed by atoms with Crippen molar-refractivity contribution < 1.29 is 0 Å². The van der Waals surface area contributed by atoms with Gasteiger partial charge in [-0.3, -0.25) is 0 Å². The second kappa shape index (κ2) is 5.64. The molecule has 1 aromatic carbocycles. The average Bonchev–Trinajstić information content (AvgIpc) is 3.10. The van der Waals surface area contributed by atoms with Crippen LogP contribution in [-0.2, 0) is 0 Å². The van der Waals surface area contributed by atoms with Crippen LogP contribution in [0.3, 0.4) is 0 Å². The zero-order valence-corrected chi connectivity index (χ0v) is 11.2. The van der Waals surface area contributed by atoms with Crippen LogP contribution in [0.15, 0.2) is 24.3 Å². The number of anilines is 2. The molecule has 0 bridgehead atoms. The van der Waals surface area contributed by atoms with Crippen LogP contribution in [0.2, 0.25) is 0 Å². The molecule has 3 rings (SSSR count). The van der Waals surface area contributed by atoms with E-state index in [0.29, 0.717) is 0 Å². The Labute approximate surface area is 110 Å². The lowest BCUT2D eigenvalue weighted by atomic mass is 10.1. The van der Waals surface area contributed by atoms with Gasteiger partial charge in [0.05, 0.1) is 11.4 Å². The summed E-state index contributed by atoms with van der Waals surface area (Å²) in [6.07, 6.45) is 8.38.